The van der Waals surface area contributed by atoms with Crippen molar-refractivity contribution in [3.8, 4) is 5.69 Å². The number of para-hydroxylation sites is 1. The first kappa shape index (κ1) is 21.5. The fourth-order valence-electron chi connectivity index (χ4n) is 3.09. The molecule has 160 valence electrons. The molecule has 1 aliphatic rings. The summed E-state index contributed by atoms with van der Waals surface area (Å²) in [7, 11) is 0. The summed E-state index contributed by atoms with van der Waals surface area (Å²) >= 11 is 0. The predicted molar refractivity (Wildman–Crippen MR) is 98.7 cm³/mol. The zero-order valence-electron chi connectivity index (χ0n) is 15.8. The van der Waals surface area contributed by atoms with Crippen LogP contribution in [0.5, 0.6) is 0 Å². The number of hydrogen-bond donors (Lipinski definition) is 2. The van der Waals surface area contributed by atoms with Crippen molar-refractivity contribution in [1.29, 1.82) is 0 Å². The Hall–Kier alpha value is -3.21. The lowest BCUT2D eigenvalue weighted by Crippen LogP contribution is -2.34. The number of halogens is 3. The highest BCUT2D eigenvalue weighted by molar-refractivity contribution is 5.73. The van der Waals surface area contributed by atoms with E-state index in [4.69, 9.17) is 20.2 Å². The van der Waals surface area contributed by atoms with E-state index in [-0.39, 0.29) is 0 Å². The van der Waals surface area contributed by atoms with E-state index in [1.807, 2.05) is 47.3 Å². The van der Waals surface area contributed by atoms with Crippen LogP contribution in [-0.4, -0.2) is 37.2 Å². The number of aromatic nitrogens is 4. The lowest BCUT2D eigenvalue weighted by Gasteiger charge is -2.17. The molecule has 4 rings (SSSR count). The van der Waals surface area contributed by atoms with Gasteiger partial charge in [0.1, 0.15) is 0 Å². The van der Waals surface area contributed by atoms with Crippen molar-refractivity contribution < 1.29 is 27.6 Å². The van der Waals surface area contributed by atoms with Gasteiger partial charge in [-0.15, -0.1) is 0 Å². The van der Waals surface area contributed by atoms with Gasteiger partial charge in [0.25, 0.3) is 0 Å². The molecule has 0 atom stereocenters. The van der Waals surface area contributed by atoms with Crippen molar-refractivity contribution in [2.75, 3.05) is 0 Å². The molecule has 2 aromatic heterocycles. The minimum absolute atomic E-state index is 0.412. The van der Waals surface area contributed by atoms with Gasteiger partial charge in [-0.05, 0) is 31.0 Å². The number of hydrogen-bond acceptors (Lipinski definition) is 6. The average molecular weight is 423 g/mol. The monoisotopic (exact) mass is 423 g/mol. The van der Waals surface area contributed by atoms with Crippen LogP contribution in [-0.2, 0) is 16.8 Å². The van der Waals surface area contributed by atoms with Gasteiger partial charge in [0, 0.05) is 6.20 Å². The van der Waals surface area contributed by atoms with Crippen molar-refractivity contribution in [3.05, 3.63) is 60.0 Å². The predicted octanol–water partition coefficient (Wildman–Crippen LogP) is 3.21. The van der Waals surface area contributed by atoms with Crippen molar-refractivity contribution >= 4 is 5.97 Å². The molecule has 0 saturated heterocycles. The Morgan fingerprint density at radius 1 is 1.20 bits per heavy atom. The highest BCUT2D eigenvalue weighted by atomic mass is 19.4. The highest BCUT2D eigenvalue weighted by Crippen LogP contribution is 2.34. The molecule has 0 radical (unpaired) electrons. The number of carboxylic acids is 1. The Bertz CT molecular complexity index is 979. The van der Waals surface area contributed by atoms with Crippen LogP contribution < -0.4 is 5.73 Å². The van der Waals surface area contributed by atoms with Crippen LogP contribution in [0.4, 0.5) is 13.2 Å². The summed E-state index contributed by atoms with van der Waals surface area (Å²) in [6.45, 7) is 0. The Balaban J connectivity index is 0.000000318. The Kier molecular flexibility index (Phi) is 6.20. The summed E-state index contributed by atoms with van der Waals surface area (Å²) in [6, 6.07) is 12.0. The zero-order chi connectivity index (χ0) is 21.8. The lowest BCUT2D eigenvalue weighted by molar-refractivity contribution is -0.192. The third-order valence-electron chi connectivity index (χ3n) is 4.65. The summed E-state index contributed by atoms with van der Waals surface area (Å²) in [5, 5.41) is 15.8. The van der Waals surface area contributed by atoms with Gasteiger partial charge in [-0.3, -0.25) is 0 Å². The second-order valence-electron chi connectivity index (χ2n) is 6.94. The number of aliphatic carboxylic acids is 1. The Labute approximate surface area is 169 Å². The standard InChI is InChI=1S/C17H19N5O.C2HF3O2/c18-17(9-4-5-10-17)16-19-15(23-21-16)12-13-8-11-22(20-13)14-6-2-1-3-7-14;3-2(4,5)1(6)7/h1-3,6-8,11H,4-5,9-10,12,18H2;(H,6,7). The van der Waals surface area contributed by atoms with Crippen LogP contribution in [0.3, 0.4) is 0 Å². The van der Waals surface area contributed by atoms with Gasteiger partial charge < -0.3 is 15.4 Å². The first-order valence-electron chi connectivity index (χ1n) is 9.19. The van der Waals surface area contributed by atoms with E-state index >= 15 is 0 Å². The summed E-state index contributed by atoms with van der Waals surface area (Å²) in [5.41, 5.74) is 7.87. The quantitative estimate of drug-likeness (QED) is 0.661. The number of carbonyl (C=O) groups is 1. The van der Waals surface area contributed by atoms with Crippen LogP contribution >= 0.6 is 0 Å². The summed E-state index contributed by atoms with van der Waals surface area (Å²) in [4.78, 5) is 13.4. The molecule has 30 heavy (non-hydrogen) atoms. The normalized spacial score (nSPS) is 15.5. The SMILES string of the molecule is NC1(c2noc(Cc3ccn(-c4ccccc4)n3)n2)CCCC1.O=C(O)C(F)(F)F. The van der Waals surface area contributed by atoms with Crippen molar-refractivity contribution in [1.82, 2.24) is 19.9 Å². The van der Waals surface area contributed by atoms with Crippen LogP contribution in [0.15, 0.2) is 47.1 Å². The fourth-order valence-corrected chi connectivity index (χ4v) is 3.09. The molecule has 8 nitrogen and oxygen atoms in total. The topological polar surface area (TPSA) is 120 Å². The first-order chi connectivity index (χ1) is 14.2. The molecule has 3 N–H and O–H groups in total. The van der Waals surface area contributed by atoms with Crippen molar-refractivity contribution in [2.45, 2.75) is 43.8 Å². The number of carboxylic acid groups (broad SMARTS) is 1. The smallest absolute Gasteiger partial charge is 0.475 e. The molecular formula is C19H20F3N5O3. The maximum absolute atomic E-state index is 10.6. The summed E-state index contributed by atoms with van der Waals surface area (Å²) in [6.07, 6.45) is 1.47. The van der Waals surface area contributed by atoms with Gasteiger partial charge in [-0.2, -0.15) is 23.3 Å². The van der Waals surface area contributed by atoms with Gasteiger partial charge >= 0.3 is 12.1 Å². The Morgan fingerprint density at radius 2 is 1.83 bits per heavy atom. The van der Waals surface area contributed by atoms with Gasteiger partial charge in [0.2, 0.25) is 5.89 Å². The summed E-state index contributed by atoms with van der Waals surface area (Å²) < 4.78 is 38.9. The molecular weight excluding hydrogens is 403 g/mol. The molecule has 1 aromatic carbocycles. The maximum atomic E-state index is 10.6. The van der Waals surface area contributed by atoms with E-state index in [2.05, 4.69) is 15.2 Å². The van der Waals surface area contributed by atoms with Gasteiger partial charge in [0.05, 0.1) is 23.3 Å². The second-order valence-corrected chi connectivity index (χ2v) is 6.94. The summed E-state index contributed by atoms with van der Waals surface area (Å²) in [5.74, 6) is -1.56. The number of alkyl halides is 3. The molecule has 1 aliphatic carbocycles. The molecule has 2 heterocycles. The molecule has 0 unspecified atom stereocenters. The molecule has 3 aromatic rings. The largest absolute Gasteiger partial charge is 0.490 e. The number of nitrogens with two attached hydrogens (primary N) is 1. The Morgan fingerprint density at radius 3 is 2.43 bits per heavy atom. The van der Waals surface area contributed by atoms with Gasteiger partial charge in [-0.1, -0.05) is 36.2 Å². The van der Waals surface area contributed by atoms with E-state index in [1.165, 1.54) is 0 Å². The first-order valence-corrected chi connectivity index (χ1v) is 9.19. The van der Waals surface area contributed by atoms with E-state index in [1.54, 1.807) is 0 Å². The molecule has 0 aliphatic heterocycles. The zero-order valence-corrected chi connectivity index (χ0v) is 15.8. The minimum Gasteiger partial charge on any atom is -0.475 e. The second kappa shape index (κ2) is 8.66. The van der Waals surface area contributed by atoms with Crippen LogP contribution in [0.25, 0.3) is 5.69 Å². The van der Waals surface area contributed by atoms with Crippen LogP contribution in [0, 0.1) is 0 Å². The van der Waals surface area contributed by atoms with E-state index in [9.17, 15) is 13.2 Å². The maximum Gasteiger partial charge on any atom is 0.490 e. The molecule has 1 saturated carbocycles. The average Bonchev–Trinajstić information content (AvgIpc) is 3.44. The minimum atomic E-state index is -5.08. The van der Waals surface area contributed by atoms with Crippen molar-refractivity contribution in [2.24, 2.45) is 5.73 Å². The molecule has 0 amide bonds. The third kappa shape index (κ3) is 5.23. The van der Waals surface area contributed by atoms with Gasteiger partial charge in [0.15, 0.2) is 5.82 Å². The molecule has 11 heteroatoms. The third-order valence-corrected chi connectivity index (χ3v) is 4.65. The van der Waals surface area contributed by atoms with Crippen molar-refractivity contribution in [3.63, 3.8) is 0 Å². The fraction of sp³-hybridized carbons (Fsp3) is 0.368. The van der Waals surface area contributed by atoms with Crippen LogP contribution in [0.2, 0.25) is 0 Å². The number of rotatable bonds is 4. The number of nitrogens with zero attached hydrogens (tertiary/aromatic N) is 4. The highest BCUT2D eigenvalue weighted by Gasteiger charge is 2.38. The molecule has 1 fully saturated rings. The van der Waals surface area contributed by atoms with E-state index < -0.39 is 17.7 Å². The van der Waals surface area contributed by atoms with Crippen LogP contribution in [0.1, 0.15) is 43.1 Å². The van der Waals surface area contributed by atoms with Gasteiger partial charge in [-0.25, -0.2) is 9.48 Å². The molecule has 0 spiro atoms. The van der Waals surface area contributed by atoms with E-state index in [0.29, 0.717) is 18.1 Å². The molecule has 0 bridgehead atoms. The number of benzene rings is 1. The lowest BCUT2D eigenvalue weighted by atomic mass is 9.99. The van der Waals surface area contributed by atoms with E-state index in [0.717, 1.165) is 37.1 Å².